The van der Waals surface area contributed by atoms with E-state index in [0.717, 1.165) is 24.0 Å². The molecule has 1 N–H and O–H groups in total. The number of nitrogens with zero attached hydrogens (tertiary/aromatic N) is 1. The van der Waals surface area contributed by atoms with Gasteiger partial charge in [0.2, 0.25) is 5.91 Å². The second-order valence-electron chi connectivity index (χ2n) is 6.97. The molecule has 0 heterocycles. The standard InChI is InChI=1S/C22H30N2O4S/c1-5-6-14-23-22(25)13-15-24(19-8-10-20(28-4)11-9-19)29(26,27)21-12-7-17(2)18(3)16-21/h7-12,16H,5-6,13-15H2,1-4H3,(H,23,25). The molecule has 0 aromatic heterocycles. The summed E-state index contributed by atoms with van der Waals surface area (Å²) in [5.41, 5.74) is 2.42. The Morgan fingerprint density at radius 3 is 2.34 bits per heavy atom. The number of methoxy groups -OCH3 is 1. The van der Waals surface area contributed by atoms with Gasteiger partial charge < -0.3 is 10.1 Å². The van der Waals surface area contributed by atoms with Crippen LogP contribution in [0.25, 0.3) is 0 Å². The molecule has 0 spiro atoms. The molecule has 0 aliphatic heterocycles. The second-order valence-corrected chi connectivity index (χ2v) is 8.84. The highest BCUT2D eigenvalue weighted by molar-refractivity contribution is 7.92. The molecule has 0 bridgehead atoms. The maximum atomic E-state index is 13.4. The van der Waals surface area contributed by atoms with E-state index in [-0.39, 0.29) is 23.8 Å². The summed E-state index contributed by atoms with van der Waals surface area (Å²) in [4.78, 5) is 12.4. The minimum atomic E-state index is -3.82. The van der Waals surface area contributed by atoms with Gasteiger partial charge in [0.15, 0.2) is 0 Å². The molecule has 29 heavy (non-hydrogen) atoms. The third-order valence-electron chi connectivity index (χ3n) is 4.82. The average Bonchev–Trinajstić information content (AvgIpc) is 2.70. The summed E-state index contributed by atoms with van der Waals surface area (Å²) < 4.78 is 33.2. The van der Waals surface area contributed by atoms with Gasteiger partial charge in [0.05, 0.1) is 17.7 Å². The second kappa shape index (κ2) is 10.3. The predicted molar refractivity (Wildman–Crippen MR) is 116 cm³/mol. The minimum absolute atomic E-state index is 0.0551. The molecule has 158 valence electrons. The number of anilines is 1. The van der Waals surface area contributed by atoms with Crippen LogP contribution in [-0.4, -0.2) is 34.5 Å². The normalized spacial score (nSPS) is 11.2. The monoisotopic (exact) mass is 418 g/mol. The number of ether oxygens (including phenoxy) is 1. The van der Waals surface area contributed by atoms with E-state index in [4.69, 9.17) is 4.74 Å². The number of rotatable bonds is 10. The molecule has 0 fully saturated rings. The van der Waals surface area contributed by atoms with Crippen molar-refractivity contribution in [3.05, 3.63) is 53.6 Å². The van der Waals surface area contributed by atoms with E-state index in [0.29, 0.717) is 18.0 Å². The molecular formula is C22H30N2O4S. The van der Waals surface area contributed by atoms with Crippen LogP contribution >= 0.6 is 0 Å². The Morgan fingerprint density at radius 1 is 1.07 bits per heavy atom. The largest absolute Gasteiger partial charge is 0.497 e. The molecule has 7 heteroatoms. The fourth-order valence-electron chi connectivity index (χ4n) is 2.83. The lowest BCUT2D eigenvalue weighted by molar-refractivity contribution is -0.120. The highest BCUT2D eigenvalue weighted by Gasteiger charge is 2.26. The minimum Gasteiger partial charge on any atom is -0.497 e. The highest BCUT2D eigenvalue weighted by Crippen LogP contribution is 2.27. The number of benzene rings is 2. The highest BCUT2D eigenvalue weighted by atomic mass is 32.2. The molecule has 2 rings (SSSR count). The third kappa shape index (κ3) is 5.97. The number of carbonyl (C=O) groups excluding carboxylic acids is 1. The van der Waals surface area contributed by atoms with Crippen LogP contribution in [0.1, 0.15) is 37.3 Å². The molecule has 0 radical (unpaired) electrons. The lowest BCUT2D eigenvalue weighted by Gasteiger charge is -2.25. The quantitative estimate of drug-likeness (QED) is 0.595. The van der Waals surface area contributed by atoms with Gasteiger partial charge in [-0.1, -0.05) is 19.4 Å². The molecule has 0 aliphatic carbocycles. The lowest BCUT2D eigenvalue weighted by Crippen LogP contribution is -2.35. The summed E-state index contributed by atoms with van der Waals surface area (Å²) >= 11 is 0. The first-order chi connectivity index (χ1) is 13.8. The predicted octanol–water partition coefficient (Wildman–Crippen LogP) is 3.81. The van der Waals surface area contributed by atoms with Crippen molar-refractivity contribution < 1.29 is 17.9 Å². The van der Waals surface area contributed by atoms with Crippen molar-refractivity contribution in [1.82, 2.24) is 5.32 Å². The van der Waals surface area contributed by atoms with Gasteiger partial charge in [-0.3, -0.25) is 9.10 Å². The van der Waals surface area contributed by atoms with Gasteiger partial charge in [-0.05, 0) is 67.8 Å². The third-order valence-corrected chi connectivity index (χ3v) is 6.64. The Hall–Kier alpha value is -2.54. The molecule has 0 atom stereocenters. The van der Waals surface area contributed by atoms with Gasteiger partial charge in [0.1, 0.15) is 5.75 Å². The Balaban J connectivity index is 2.32. The Kier molecular flexibility index (Phi) is 8.08. The molecule has 0 saturated heterocycles. The van der Waals surface area contributed by atoms with E-state index in [1.165, 1.54) is 4.31 Å². The van der Waals surface area contributed by atoms with Crippen LogP contribution in [-0.2, 0) is 14.8 Å². The summed E-state index contributed by atoms with van der Waals surface area (Å²) in [6.45, 7) is 6.52. The van der Waals surface area contributed by atoms with Crippen molar-refractivity contribution in [3.63, 3.8) is 0 Å². The summed E-state index contributed by atoms with van der Waals surface area (Å²) in [6, 6.07) is 11.9. The maximum absolute atomic E-state index is 13.4. The van der Waals surface area contributed by atoms with Crippen LogP contribution in [0.5, 0.6) is 5.75 Å². The van der Waals surface area contributed by atoms with Crippen molar-refractivity contribution in [2.75, 3.05) is 24.5 Å². The maximum Gasteiger partial charge on any atom is 0.264 e. The smallest absolute Gasteiger partial charge is 0.264 e. The van der Waals surface area contributed by atoms with E-state index < -0.39 is 10.0 Å². The van der Waals surface area contributed by atoms with E-state index in [1.54, 1.807) is 49.6 Å². The van der Waals surface area contributed by atoms with Crippen molar-refractivity contribution >= 4 is 21.6 Å². The molecule has 1 amide bonds. The number of sulfonamides is 1. The number of unbranched alkanes of at least 4 members (excludes halogenated alkanes) is 1. The molecule has 2 aromatic carbocycles. The van der Waals surface area contributed by atoms with E-state index in [2.05, 4.69) is 5.32 Å². The molecule has 6 nitrogen and oxygen atoms in total. The van der Waals surface area contributed by atoms with Gasteiger partial charge in [0, 0.05) is 19.5 Å². The lowest BCUT2D eigenvalue weighted by atomic mass is 10.1. The van der Waals surface area contributed by atoms with Crippen LogP contribution < -0.4 is 14.4 Å². The zero-order valence-electron chi connectivity index (χ0n) is 17.6. The number of carbonyl (C=O) groups is 1. The van der Waals surface area contributed by atoms with Crippen molar-refractivity contribution in [1.29, 1.82) is 0 Å². The van der Waals surface area contributed by atoms with Crippen molar-refractivity contribution in [2.45, 2.75) is 44.9 Å². The summed E-state index contributed by atoms with van der Waals surface area (Å²) in [6.07, 6.45) is 1.97. The summed E-state index contributed by atoms with van der Waals surface area (Å²) in [7, 11) is -2.27. The number of amides is 1. The van der Waals surface area contributed by atoms with Crippen LogP contribution in [0.3, 0.4) is 0 Å². The molecule has 0 aliphatic rings. The summed E-state index contributed by atoms with van der Waals surface area (Å²) in [5.74, 6) is 0.474. The van der Waals surface area contributed by atoms with Gasteiger partial charge in [-0.15, -0.1) is 0 Å². The number of nitrogens with one attached hydrogen (secondary N) is 1. The van der Waals surface area contributed by atoms with Crippen molar-refractivity contribution in [2.24, 2.45) is 0 Å². The fraction of sp³-hybridized carbons (Fsp3) is 0.409. The first-order valence-corrected chi connectivity index (χ1v) is 11.2. The van der Waals surface area contributed by atoms with E-state index in [9.17, 15) is 13.2 Å². The Labute approximate surface area is 173 Å². The van der Waals surface area contributed by atoms with Crippen LogP contribution in [0.4, 0.5) is 5.69 Å². The van der Waals surface area contributed by atoms with Crippen LogP contribution in [0.2, 0.25) is 0 Å². The van der Waals surface area contributed by atoms with Gasteiger partial charge >= 0.3 is 0 Å². The Morgan fingerprint density at radius 2 is 1.76 bits per heavy atom. The number of hydrogen-bond acceptors (Lipinski definition) is 4. The first-order valence-electron chi connectivity index (χ1n) is 9.80. The SMILES string of the molecule is CCCCNC(=O)CCN(c1ccc(OC)cc1)S(=O)(=O)c1ccc(C)c(C)c1. The average molecular weight is 419 g/mol. The van der Waals surface area contributed by atoms with E-state index in [1.807, 2.05) is 20.8 Å². The molecule has 2 aromatic rings. The summed E-state index contributed by atoms with van der Waals surface area (Å²) in [5, 5.41) is 2.84. The van der Waals surface area contributed by atoms with Crippen molar-refractivity contribution in [3.8, 4) is 5.75 Å². The number of hydrogen-bond donors (Lipinski definition) is 1. The zero-order chi connectivity index (χ0) is 21.4. The molecular weight excluding hydrogens is 388 g/mol. The van der Waals surface area contributed by atoms with Gasteiger partial charge in [0.25, 0.3) is 10.0 Å². The fourth-order valence-corrected chi connectivity index (χ4v) is 4.39. The Bertz CT molecular complexity index is 924. The van der Waals surface area contributed by atoms with Crippen LogP contribution in [0, 0.1) is 13.8 Å². The van der Waals surface area contributed by atoms with E-state index >= 15 is 0 Å². The van der Waals surface area contributed by atoms with Crippen LogP contribution in [0.15, 0.2) is 47.4 Å². The molecule has 0 unspecified atom stereocenters. The molecule has 0 saturated carbocycles. The zero-order valence-corrected chi connectivity index (χ0v) is 18.4. The topological polar surface area (TPSA) is 75.7 Å². The van der Waals surface area contributed by atoms with Gasteiger partial charge in [-0.2, -0.15) is 0 Å². The number of aryl methyl sites for hydroxylation is 2. The van der Waals surface area contributed by atoms with Gasteiger partial charge in [-0.25, -0.2) is 8.42 Å². The first kappa shape index (κ1) is 22.7.